The van der Waals surface area contributed by atoms with Gasteiger partial charge in [0.15, 0.2) is 0 Å². The van der Waals surface area contributed by atoms with Gasteiger partial charge in [0, 0.05) is 25.2 Å². The van der Waals surface area contributed by atoms with Gasteiger partial charge in [0.1, 0.15) is 5.75 Å². The lowest BCUT2D eigenvalue weighted by molar-refractivity contribution is 0.154. The van der Waals surface area contributed by atoms with E-state index >= 15 is 0 Å². The van der Waals surface area contributed by atoms with Crippen molar-refractivity contribution in [1.82, 2.24) is 9.80 Å². The van der Waals surface area contributed by atoms with Crippen LogP contribution in [0.25, 0.3) is 0 Å². The first kappa shape index (κ1) is 19.1. The average Bonchev–Trinajstić information content (AvgIpc) is 2.55. The number of benzene rings is 1. The first-order chi connectivity index (χ1) is 11.4. The lowest BCUT2D eigenvalue weighted by Gasteiger charge is -2.31. The van der Waals surface area contributed by atoms with Gasteiger partial charge in [-0.05, 0) is 69.5 Å². The molecule has 0 radical (unpaired) electrons. The number of rotatable bonds is 6. The number of amides is 1. The topological polar surface area (TPSA) is 32.8 Å². The van der Waals surface area contributed by atoms with Crippen LogP contribution < -0.4 is 4.74 Å². The normalized spacial score (nSPS) is 20.9. The molecule has 0 aliphatic heterocycles. The average molecular weight is 353 g/mol. The molecule has 5 heteroatoms. The molecular weight excluding hydrogens is 324 g/mol. The summed E-state index contributed by atoms with van der Waals surface area (Å²) in [6, 6.07) is 6.85. The molecule has 0 aromatic heterocycles. The van der Waals surface area contributed by atoms with Crippen molar-refractivity contribution in [2.45, 2.75) is 32.1 Å². The van der Waals surface area contributed by atoms with Crippen LogP contribution in [0.3, 0.4) is 0 Å². The summed E-state index contributed by atoms with van der Waals surface area (Å²) in [6.45, 7) is 1.94. The third kappa shape index (κ3) is 6.33. The van der Waals surface area contributed by atoms with Crippen LogP contribution in [0.4, 0.5) is 4.79 Å². The highest BCUT2D eigenvalue weighted by Gasteiger charge is 2.22. The van der Waals surface area contributed by atoms with Crippen LogP contribution in [0.1, 0.15) is 32.1 Å². The molecule has 1 amide bonds. The molecule has 0 saturated heterocycles. The maximum absolute atomic E-state index is 12.1. The van der Waals surface area contributed by atoms with Crippen LogP contribution in [0.2, 0.25) is 5.02 Å². The molecule has 24 heavy (non-hydrogen) atoms. The second-order valence-corrected chi connectivity index (χ2v) is 7.62. The summed E-state index contributed by atoms with van der Waals surface area (Å²) >= 11 is 5.83. The van der Waals surface area contributed by atoms with Crippen molar-refractivity contribution in [2.75, 3.05) is 34.2 Å². The molecule has 0 spiro atoms. The third-order valence-electron chi connectivity index (χ3n) is 4.79. The van der Waals surface area contributed by atoms with Gasteiger partial charge >= 0.3 is 6.09 Å². The molecule has 1 aliphatic carbocycles. The fraction of sp³-hybridized carbons (Fsp3) is 0.632. The summed E-state index contributed by atoms with van der Waals surface area (Å²) in [6.07, 6.45) is 5.92. The first-order valence-electron chi connectivity index (χ1n) is 8.77. The van der Waals surface area contributed by atoms with E-state index in [1.165, 1.54) is 32.2 Å². The number of halogens is 1. The van der Waals surface area contributed by atoms with E-state index in [4.69, 9.17) is 16.3 Å². The molecule has 134 valence electrons. The van der Waals surface area contributed by atoms with Gasteiger partial charge in [-0.3, -0.25) is 0 Å². The van der Waals surface area contributed by atoms with Crippen molar-refractivity contribution >= 4 is 17.7 Å². The quantitative estimate of drug-likeness (QED) is 0.754. The number of hydrogen-bond donors (Lipinski definition) is 0. The van der Waals surface area contributed by atoms with Crippen LogP contribution >= 0.6 is 11.6 Å². The van der Waals surface area contributed by atoms with Crippen LogP contribution in [0.5, 0.6) is 5.75 Å². The molecule has 1 fully saturated rings. The number of carbonyl (C=O) groups is 1. The van der Waals surface area contributed by atoms with Crippen molar-refractivity contribution in [1.29, 1.82) is 0 Å². The van der Waals surface area contributed by atoms with Gasteiger partial charge in [0.25, 0.3) is 0 Å². The zero-order chi connectivity index (χ0) is 17.5. The van der Waals surface area contributed by atoms with Gasteiger partial charge in [-0.15, -0.1) is 0 Å². The predicted octanol–water partition coefficient (Wildman–Crippen LogP) is 4.53. The summed E-state index contributed by atoms with van der Waals surface area (Å²) in [5, 5.41) is 0.632. The molecular formula is C19H29ClN2O2. The minimum absolute atomic E-state index is 0.307. The smallest absolute Gasteiger partial charge is 0.410 e. The number of ether oxygens (including phenoxy) is 1. The minimum Gasteiger partial charge on any atom is -0.410 e. The lowest BCUT2D eigenvalue weighted by atomic mass is 9.80. The molecule has 4 nitrogen and oxygen atoms in total. The number of carbonyl (C=O) groups excluding carboxylic acids is 1. The second-order valence-electron chi connectivity index (χ2n) is 7.18. The lowest BCUT2D eigenvalue weighted by Crippen LogP contribution is -2.32. The Morgan fingerprint density at radius 1 is 1.08 bits per heavy atom. The van der Waals surface area contributed by atoms with Crippen molar-refractivity contribution < 1.29 is 9.53 Å². The molecule has 0 atom stereocenters. The zero-order valence-corrected chi connectivity index (χ0v) is 15.8. The molecule has 1 aromatic carbocycles. The van der Waals surface area contributed by atoms with E-state index < -0.39 is 0 Å². The van der Waals surface area contributed by atoms with E-state index in [1.807, 2.05) is 0 Å². The van der Waals surface area contributed by atoms with E-state index in [2.05, 4.69) is 19.0 Å². The summed E-state index contributed by atoms with van der Waals surface area (Å²) in [5.41, 5.74) is 0. The Hall–Kier alpha value is -1.26. The van der Waals surface area contributed by atoms with E-state index in [9.17, 15) is 4.79 Å². The van der Waals surface area contributed by atoms with Gasteiger partial charge in [-0.2, -0.15) is 0 Å². The van der Waals surface area contributed by atoms with Crippen molar-refractivity contribution in [3.8, 4) is 5.75 Å². The van der Waals surface area contributed by atoms with Crippen molar-refractivity contribution in [3.63, 3.8) is 0 Å². The molecule has 2 rings (SSSR count). The first-order valence-corrected chi connectivity index (χ1v) is 9.15. The fourth-order valence-corrected chi connectivity index (χ4v) is 3.49. The van der Waals surface area contributed by atoms with Crippen LogP contribution in [0.15, 0.2) is 24.3 Å². The molecule has 0 N–H and O–H groups in total. The Morgan fingerprint density at radius 2 is 1.67 bits per heavy atom. The van der Waals surface area contributed by atoms with Crippen molar-refractivity contribution in [3.05, 3.63) is 29.3 Å². The molecule has 0 unspecified atom stereocenters. The molecule has 1 saturated carbocycles. The van der Waals surface area contributed by atoms with E-state index in [0.29, 0.717) is 10.8 Å². The predicted molar refractivity (Wildman–Crippen MR) is 98.7 cm³/mol. The Balaban J connectivity index is 1.68. The Labute approximate surface area is 150 Å². The van der Waals surface area contributed by atoms with Crippen LogP contribution in [-0.4, -0.2) is 50.1 Å². The molecule has 0 heterocycles. The van der Waals surface area contributed by atoms with Gasteiger partial charge in [-0.25, -0.2) is 4.79 Å². The SMILES string of the molecule is CN(C)C[C@H]1CC[C@H](CCN(C)C(=O)Oc2ccc(Cl)cc2)CC1. The highest BCUT2D eigenvalue weighted by atomic mass is 35.5. The highest BCUT2D eigenvalue weighted by Crippen LogP contribution is 2.31. The number of nitrogens with zero attached hydrogens (tertiary/aromatic N) is 2. The third-order valence-corrected chi connectivity index (χ3v) is 5.04. The summed E-state index contributed by atoms with van der Waals surface area (Å²) in [4.78, 5) is 16.1. The zero-order valence-electron chi connectivity index (χ0n) is 15.0. The minimum atomic E-state index is -0.307. The largest absolute Gasteiger partial charge is 0.414 e. The summed E-state index contributed by atoms with van der Waals surface area (Å²) in [7, 11) is 6.09. The van der Waals surface area contributed by atoms with Gasteiger partial charge in [0.05, 0.1) is 0 Å². The molecule has 1 aliphatic rings. The van der Waals surface area contributed by atoms with E-state index in [-0.39, 0.29) is 6.09 Å². The van der Waals surface area contributed by atoms with Crippen LogP contribution in [-0.2, 0) is 0 Å². The second kappa shape index (κ2) is 9.28. The van der Waals surface area contributed by atoms with Crippen molar-refractivity contribution in [2.24, 2.45) is 11.8 Å². The Kier molecular flexibility index (Phi) is 7.38. The Bertz CT molecular complexity index is 511. The van der Waals surface area contributed by atoms with Gasteiger partial charge in [-0.1, -0.05) is 24.4 Å². The fourth-order valence-electron chi connectivity index (χ4n) is 3.37. The van der Waals surface area contributed by atoms with E-state index in [0.717, 1.165) is 24.8 Å². The Morgan fingerprint density at radius 3 is 2.25 bits per heavy atom. The van der Waals surface area contributed by atoms with Gasteiger partial charge in [0.2, 0.25) is 0 Å². The number of hydrogen-bond acceptors (Lipinski definition) is 3. The summed E-state index contributed by atoms with van der Waals surface area (Å²) in [5.74, 6) is 2.10. The van der Waals surface area contributed by atoms with Crippen LogP contribution in [0, 0.1) is 11.8 Å². The monoisotopic (exact) mass is 352 g/mol. The maximum atomic E-state index is 12.1. The highest BCUT2D eigenvalue weighted by molar-refractivity contribution is 6.30. The molecule has 1 aromatic rings. The van der Waals surface area contributed by atoms with E-state index in [1.54, 1.807) is 36.2 Å². The standard InChI is InChI=1S/C19H29ClN2O2/c1-21(2)14-16-6-4-15(5-7-16)12-13-22(3)19(23)24-18-10-8-17(20)9-11-18/h8-11,15-16H,4-7,12-14H2,1-3H3/t15-,16-. The maximum Gasteiger partial charge on any atom is 0.414 e. The molecule has 0 bridgehead atoms. The summed E-state index contributed by atoms with van der Waals surface area (Å²) < 4.78 is 5.35. The van der Waals surface area contributed by atoms with Gasteiger partial charge < -0.3 is 14.5 Å².